The topological polar surface area (TPSA) is 63.0 Å². The normalized spacial score (nSPS) is 10.2. The van der Waals surface area contributed by atoms with Gasteiger partial charge in [-0.3, -0.25) is 0 Å². The Morgan fingerprint density at radius 3 is 2.39 bits per heavy atom. The first-order chi connectivity index (χ1) is 8.61. The van der Waals surface area contributed by atoms with Gasteiger partial charge in [-0.25, -0.2) is 24.0 Å². The average molecular weight is 254 g/mol. The summed E-state index contributed by atoms with van der Waals surface area (Å²) in [5, 5.41) is 2.53. The van der Waals surface area contributed by atoms with Gasteiger partial charge in [0.2, 0.25) is 0 Å². The van der Waals surface area contributed by atoms with Gasteiger partial charge in [-0.15, -0.1) is 0 Å². The van der Waals surface area contributed by atoms with E-state index < -0.39 is 17.5 Å². The third kappa shape index (κ3) is 2.35. The van der Waals surface area contributed by atoms with E-state index in [1.165, 1.54) is 6.07 Å². The van der Waals surface area contributed by atoms with Crippen molar-refractivity contribution in [2.75, 3.05) is 10.7 Å². The van der Waals surface area contributed by atoms with Crippen molar-refractivity contribution in [3.05, 3.63) is 47.8 Å². The fraction of sp³-hybridized carbons (Fsp3) is 0. The second kappa shape index (κ2) is 4.92. The van der Waals surface area contributed by atoms with Gasteiger partial charge >= 0.3 is 0 Å². The number of nitrogens with zero attached hydrogens (tertiary/aromatic N) is 1. The molecular formula is C11H9F3N4. The average Bonchev–Trinajstić information content (AvgIpc) is 2.40. The Balaban J connectivity index is 2.31. The first kappa shape index (κ1) is 12.2. The van der Waals surface area contributed by atoms with Gasteiger partial charge in [-0.1, -0.05) is 6.07 Å². The Morgan fingerprint density at radius 1 is 0.944 bits per heavy atom. The van der Waals surface area contributed by atoms with Crippen LogP contribution in [0.4, 0.5) is 30.5 Å². The molecule has 7 heteroatoms. The molecule has 0 spiro atoms. The highest BCUT2D eigenvalue weighted by Gasteiger charge is 2.13. The van der Waals surface area contributed by atoms with E-state index in [1.807, 2.05) is 0 Å². The fourth-order valence-electron chi connectivity index (χ4n) is 1.35. The summed E-state index contributed by atoms with van der Waals surface area (Å²) in [6.07, 6.45) is 0. The van der Waals surface area contributed by atoms with Crippen LogP contribution in [-0.2, 0) is 0 Å². The highest BCUT2D eigenvalue weighted by molar-refractivity contribution is 5.58. The molecule has 0 aliphatic heterocycles. The number of hydrogen-bond acceptors (Lipinski definition) is 4. The van der Waals surface area contributed by atoms with Crippen molar-refractivity contribution in [3.63, 3.8) is 0 Å². The molecule has 1 aromatic heterocycles. The van der Waals surface area contributed by atoms with Crippen LogP contribution in [0.15, 0.2) is 30.3 Å². The van der Waals surface area contributed by atoms with Gasteiger partial charge in [0.1, 0.15) is 11.6 Å². The van der Waals surface area contributed by atoms with Crippen molar-refractivity contribution < 1.29 is 13.2 Å². The van der Waals surface area contributed by atoms with Crippen LogP contribution in [0.25, 0.3) is 0 Å². The summed E-state index contributed by atoms with van der Waals surface area (Å²) in [5.41, 5.74) is 2.10. The third-order valence-corrected chi connectivity index (χ3v) is 2.19. The lowest BCUT2D eigenvalue weighted by molar-refractivity contribution is 0.449. The Labute approximate surface area is 101 Å². The van der Waals surface area contributed by atoms with E-state index in [0.29, 0.717) is 5.82 Å². The van der Waals surface area contributed by atoms with Crippen LogP contribution in [0.5, 0.6) is 0 Å². The minimum atomic E-state index is -1.53. The summed E-state index contributed by atoms with van der Waals surface area (Å²) in [7, 11) is 0. The lowest BCUT2D eigenvalue weighted by Gasteiger charge is -2.08. The Morgan fingerprint density at radius 2 is 1.67 bits per heavy atom. The lowest BCUT2D eigenvalue weighted by Crippen LogP contribution is -2.09. The number of hydrazine groups is 1. The van der Waals surface area contributed by atoms with Gasteiger partial charge in [-0.05, 0) is 24.3 Å². The first-order valence-corrected chi connectivity index (χ1v) is 4.96. The van der Waals surface area contributed by atoms with E-state index in [4.69, 9.17) is 5.84 Å². The zero-order chi connectivity index (χ0) is 13.1. The van der Waals surface area contributed by atoms with Gasteiger partial charge in [0.25, 0.3) is 0 Å². The molecule has 2 aromatic rings. The number of nitrogen functional groups attached to an aromatic ring is 1. The second-order valence-electron chi connectivity index (χ2n) is 3.40. The van der Waals surface area contributed by atoms with E-state index in [-0.39, 0.29) is 11.5 Å². The van der Waals surface area contributed by atoms with Crippen LogP contribution in [-0.4, -0.2) is 4.98 Å². The van der Waals surface area contributed by atoms with Crippen LogP contribution < -0.4 is 16.6 Å². The quantitative estimate of drug-likeness (QED) is 0.447. The molecule has 4 nitrogen and oxygen atoms in total. The number of rotatable bonds is 3. The van der Waals surface area contributed by atoms with Gasteiger partial charge in [0.15, 0.2) is 17.5 Å². The number of halogens is 3. The summed E-state index contributed by atoms with van der Waals surface area (Å²) in [4.78, 5) is 3.95. The van der Waals surface area contributed by atoms with Crippen LogP contribution in [0.1, 0.15) is 0 Å². The van der Waals surface area contributed by atoms with E-state index in [1.54, 1.807) is 12.1 Å². The van der Waals surface area contributed by atoms with Crippen LogP contribution in [0, 0.1) is 17.5 Å². The Bertz CT molecular complexity index is 574. The van der Waals surface area contributed by atoms with Crippen molar-refractivity contribution >= 4 is 17.3 Å². The standard InChI is InChI=1S/C11H9F3N4/c12-6-4-5-7(11(14)10(6)13)16-8-2-1-3-9(17-8)18-15/h1-5H,15H2,(H2,16,17,18). The molecule has 4 N–H and O–H groups in total. The van der Waals surface area contributed by atoms with Crippen molar-refractivity contribution in [1.82, 2.24) is 4.98 Å². The number of benzene rings is 1. The number of anilines is 3. The zero-order valence-electron chi connectivity index (χ0n) is 9.05. The molecule has 0 atom stereocenters. The monoisotopic (exact) mass is 254 g/mol. The molecule has 0 bridgehead atoms. The number of pyridine rings is 1. The second-order valence-corrected chi connectivity index (χ2v) is 3.40. The molecule has 0 unspecified atom stereocenters. The summed E-state index contributed by atoms with van der Waals surface area (Å²) < 4.78 is 39.1. The van der Waals surface area contributed by atoms with Crippen LogP contribution in [0.3, 0.4) is 0 Å². The Hall–Kier alpha value is -2.28. The van der Waals surface area contributed by atoms with E-state index in [9.17, 15) is 13.2 Å². The number of nitrogens with one attached hydrogen (secondary N) is 2. The molecule has 0 saturated heterocycles. The molecule has 0 fully saturated rings. The maximum atomic E-state index is 13.4. The Kier molecular flexibility index (Phi) is 3.33. The zero-order valence-corrected chi connectivity index (χ0v) is 9.05. The fourth-order valence-corrected chi connectivity index (χ4v) is 1.35. The molecule has 2 rings (SSSR count). The maximum absolute atomic E-state index is 13.4. The van der Waals surface area contributed by atoms with Crippen molar-refractivity contribution in [2.24, 2.45) is 5.84 Å². The molecule has 0 aliphatic rings. The molecule has 94 valence electrons. The van der Waals surface area contributed by atoms with E-state index in [0.717, 1.165) is 12.1 Å². The molecule has 1 heterocycles. The summed E-state index contributed by atoms with van der Waals surface area (Å²) >= 11 is 0. The predicted molar refractivity (Wildman–Crippen MR) is 61.6 cm³/mol. The number of hydrogen-bond donors (Lipinski definition) is 3. The molecule has 0 amide bonds. The summed E-state index contributed by atoms with van der Waals surface area (Å²) in [6.45, 7) is 0. The van der Waals surface area contributed by atoms with Gasteiger partial charge in [0, 0.05) is 0 Å². The minimum Gasteiger partial charge on any atom is -0.338 e. The first-order valence-electron chi connectivity index (χ1n) is 4.96. The highest BCUT2D eigenvalue weighted by Crippen LogP contribution is 2.23. The predicted octanol–water partition coefficient (Wildman–Crippen LogP) is 2.53. The number of aromatic nitrogens is 1. The molecule has 0 saturated carbocycles. The van der Waals surface area contributed by atoms with Gasteiger partial charge in [0.05, 0.1) is 5.69 Å². The van der Waals surface area contributed by atoms with Crippen LogP contribution in [0.2, 0.25) is 0 Å². The minimum absolute atomic E-state index is 0.212. The SMILES string of the molecule is NNc1cccc(Nc2ccc(F)c(F)c2F)n1. The van der Waals surface area contributed by atoms with Gasteiger partial charge < -0.3 is 10.7 Å². The van der Waals surface area contributed by atoms with Crippen molar-refractivity contribution in [2.45, 2.75) is 0 Å². The van der Waals surface area contributed by atoms with Crippen molar-refractivity contribution in [3.8, 4) is 0 Å². The maximum Gasteiger partial charge on any atom is 0.196 e. The largest absolute Gasteiger partial charge is 0.338 e. The molecule has 1 aromatic carbocycles. The van der Waals surface area contributed by atoms with E-state index >= 15 is 0 Å². The highest BCUT2D eigenvalue weighted by atomic mass is 19.2. The van der Waals surface area contributed by atoms with E-state index in [2.05, 4.69) is 15.7 Å². The smallest absolute Gasteiger partial charge is 0.196 e. The molecular weight excluding hydrogens is 245 g/mol. The van der Waals surface area contributed by atoms with Gasteiger partial charge in [-0.2, -0.15) is 0 Å². The molecule has 0 aliphatic carbocycles. The summed E-state index contributed by atoms with van der Waals surface area (Å²) in [5.74, 6) is 1.67. The van der Waals surface area contributed by atoms with Crippen molar-refractivity contribution in [1.29, 1.82) is 0 Å². The molecule has 18 heavy (non-hydrogen) atoms. The lowest BCUT2D eigenvalue weighted by atomic mass is 10.2. The number of nitrogens with two attached hydrogens (primary N) is 1. The third-order valence-electron chi connectivity index (χ3n) is 2.19. The van der Waals surface area contributed by atoms with Crippen LogP contribution >= 0.6 is 0 Å². The molecule has 0 radical (unpaired) electrons. The summed E-state index contributed by atoms with van der Waals surface area (Å²) in [6, 6.07) is 6.64.